The molecule has 0 saturated heterocycles. The second kappa shape index (κ2) is 6.57. The molecule has 0 radical (unpaired) electrons. The number of nitrogens with one attached hydrogen (secondary N) is 2. The summed E-state index contributed by atoms with van der Waals surface area (Å²) >= 11 is 6.04. The second-order valence-corrected chi connectivity index (χ2v) is 6.31. The van der Waals surface area contributed by atoms with Crippen molar-refractivity contribution in [3.63, 3.8) is 0 Å². The highest BCUT2D eigenvalue weighted by Gasteiger charge is 2.48. The lowest BCUT2D eigenvalue weighted by Gasteiger charge is -2.12. The molecule has 2 atom stereocenters. The number of carbonyl (C=O) groups is 2. The third kappa shape index (κ3) is 3.71. The van der Waals surface area contributed by atoms with E-state index in [0.29, 0.717) is 22.9 Å². The van der Waals surface area contributed by atoms with Gasteiger partial charge in [0.1, 0.15) is 5.75 Å². The van der Waals surface area contributed by atoms with Gasteiger partial charge in [0, 0.05) is 17.1 Å². The smallest absolute Gasteiger partial charge is 0.228 e. The van der Waals surface area contributed by atoms with Crippen LogP contribution >= 0.6 is 11.6 Å². The topological polar surface area (TPSA) is 67.4 Å². The van der Waals surface area contributed by atoms with Crippen LogP contribution in [0.1, 0.15) is 25.8 Å². The van der Waals surface area contributed by atoms with E-state index >= 15 is 0 Å². The number of hydrogen-bond acceptors (Lipinski definition) is 3. The number of aryl methyl sites for hydroxylation is 1. The fourth-order valence-electron chi connectivity index (χ4n) is 2.32. The molecule has 0 heterocycles. The van der Waals surface area contributed by atoms with Crippen LogP contribution in [0.25, 0.3) is 0 Å². The molecule has 2 rings (SSSR count). The van der Waals surface area contributed by atoms with Crippen LogP contribution in [0.3, 0.4) is 0 Å². The fourth-order valence-corrected chi connectivity index (χ4v) is 2.47. The van der Waals surface area contributed by atoms with Crippen molar-refractivity contribution in [2.45, 2.75) is 33.2 Å². The van der Waals surface area contributed by atoms with Crippen LogP contribution in [-0.2, 0) is 9.59 Å². The molecular weight excluding hydrogens is 304 g/mol. The van der Waals surface area contributed by atoms with E-state index < -0.39 is 0 Å². The van der Waals surface area contributed by atoms with Crippen LogP contribution in [0, 0.1) is 18.8 Å². The monoisotopic (exact) mass is 324 g/mol. The largest absolute Gasteiger partial charge is 0.495 e. The van der Waals surface area contributed by atoms with E-state index in [1.54, 1.807) is 12.1 Å². The van der Waals surface area contributed by atoms with Crippen molar-refractivity contribution in [2.75, 3.05) is 12.4 Å². The molecule has 0 spiro atoms. The summed E-state index contributed by atoms with van der Waals surface area (Å²) < 4.78 is 5.23. The average Bonchev–Trinajstić information content (AvgIpc) is 3.22. The van der Waals surface area contributed by atoms with Crippen molar-refractivity contribution in [3.05, 3.63) is 22.7 Å². The Morgan fingerprint density at radius 1 is 1.27 bits per heavy atom. The highest BCUT2D eigenvalue weighted by Crippen LogP contribution is 2.40. The quantitative estimate of drug-likeness (QED) is 0.875. The number of carbonyl (C=O) groups excluding carboxylic acids is 2. The van der Waals surface area contributed by atoms with Gasteiger partial charge in [-0.3, -0.25) is 9.59 Å². The van der Waals surface area contributed by atoms with Crippen molar-refractivity contribution < 1.29 is 14.3 Å². The average molecular weight is 325 g/mol. The Balaban J connectivity index is 2.02. The first-order valence-electron chi connectivity index (χ1n) is 7.28. The SMILES string of the molecule is COc1cc(Cl)c(C)cc1NC(=O)C1CC1C(=O)NC(C)C. The highest BCUT2D eigenvalue weighted by molar-refractivity contribution is 6.31. The van der Waals surface area contributed by atoms with Gasteiger partial charge in [-0.2, -0.15) is 0 Å². The summed E-state index contributed by atoms with van der Waals surface area (Å²) in [5, 5.41) is 6.24. The van der Waals surface area contributed by atoms with Gasteiger partial charge in [0.05, 0.1) is 24.6 Å². The van der Waals surface area contributed by atoms with Crippen molar-refractivity contribution in [2.24, 2.45) is 11.8 Å². The maximum atomic E-state index is 12.3. The zero-order valence-corrected chi connectivity index (χ0v) is 14.0. The summed E-state index contributed by atoms with van der Waals surface area (Å²) in [5.74, 6) is -0.229. The van der Waals surface area contributed by atoms with Gasteiger partial charge < -0.3 is 15.4 Å². The van der Waals surface area contributed by atoms with E-state index in [1.165, 1.54) is 7.11 Å². The van der Waals surface area contributed by atoms with Crippen LogP contribution in [0.4, 0.5) is 5.69 Å². The minimum Gasteiger partial charge on any atom is -0.495 e. The Hall–Kier alpha value is -1.75. The number of anilines is 1. The molecule has 1 saturated carbocycles. The molecule has 2 amide bonds. The highest BCUT2D eigenvalue weighted by atomic mass is 35.5. The Bertz CT molecular complexity index is 601. The molecule has 120 valence electrons. The maximum Gasteiger partial charge on any atom is 0.228 e. The molecule has 1 aromatic rings. The molecule has 22 heavy (non-hydrogen) atoms. The van der Waals surface area contributed by atoms with Gasteiger partial charge in [-0.25, -0.2) is 0 Å². The standard InChI is InChI=1S/C16H21ClN2O3/c1-8(2)18-15(20)10-6-11(10)16(21)19-13-5-9(3)12(17)7-14(13)22-4/h5,7-8,10-11H,6H2,1-4H3,(H,18,20)(H,19,21). The number of benzene rings is 1. The number of methoxy groups -OCH3 is 1. The van der Waals surface area contributed by atoms with E-state index in [9.17, 15) is 9.59 Å². The molecule has 1 aromatic carbocycles. The normalized spacial score (nSPS) is 19.7. The number of halogens is 1. The van der Waals surface area contributed by atoms with E-state index in [0.717, 1.165) is 5.56 Å². The van der Waals surface area contributed by atoms with Crippen molar-refractivity contribution >= 4 is 29.1 Å². The van der Waals surface area contributed by atoms with E-state index in [-0.39, 0.29) is 29.7 Å². The first kappa shape index (κ1) is 16.6. The molecule has 5 nitrogen and oxygen atoms in total. The van der Waals surface area contributed by atoms with Gasteiger partial charge in [0.25, 0.3) is 0 Å². The van der Waals surface area contributed by atoms with Gasteiger partial charge >= 0.3 is 0 Å². The first-order valence-corrected chi connectivity index (χ1v) is 7.66. The van der Waals surface area contributed by atoms with E-state index in [2.05, 4.69) is 10.6 Å². The van der Waals surface area contributed by atoms with Crippen LogP contribution in [-0.4, -0.2) is 25.0 Å². The second-order valence-electron chi connectivity index (χ2n) is 5.90. The third-order valence-electron chi connectivity index (χ3n) is 3.63. The van der Waals surface area contributed by atoms with Crippen molar-refractivity contribution in [3.8, 4) is 5.75 Å². The summed E-state index contributed by atoms with van der Waals surface area (Å²) in [5.41, 5.74) is 1.42. The number of hydrogen-bond donors (Lipinski definition) is 2. The summed E-state index contributed by atoms with van der Waals surface area (Å²) in [6, 6.07) is 3.52. The number of rotatable bonds is 5. The predicted octanol–water partition coefficient (Wildman–Crippen LogP) is 2.76. The zero-order valence-electron chi connectivity index (χ0n) is 13.2. The minimum absolute atomic E-state index is 0.0607. The lowest BCUT2D eigenvalue weighted by molar-refractivity contribution is -0.125. The molecular formula is C16H21ClN2O3. The lowest BCUT2D eigenvalue weighted by Crippen LogP contribution is -2.32. The fraction of sp³-hybridized carbons (Fsp3) is 0.500. The van der Waals surface area contributed by atoms with E-state index in [1.807, 2.05) is 20.8 Å². The molecule has 0 aliphatic heterocycles. The molecule has 1 aliphatic carbocycles. The zero-order chi connectivity index (χ0) is 16.4. The molecule has 2 N–H and O–H groups in total. The van der Waals surface area contributed by atoms with Crippen LogP contribution < -0.4 is 15.4 Å². The van der Waals surface area contributed by atoms with Gasteiger partial charge in [0.15, 0.2) is 0 Å². The van der Waals surface area contributed by atoms with Crippen LogP contribution in [0.2, 0.25) is 5.02 Å². The Morgan fingerprint density at radius 2 is 1.91 bits per heavy atom. The van der Waals surface area contributed by atoms with Gasteiger partial charge in [-0.1, -0.05) is 11.6 Å². The number of amides is 2. The Morgan fingerprint density at radius 3 is 2.50 bits per heavy atom. The third-order valence-corrected chi connectivity index (χ3v) is 4.04. The van der Waals surface area contributed by atoms with Crippen molar-refractivity contribution in [1.82, 2.24) is 5.32 Å². The molecule has 6 heteroatoms. The molecule has 0 aromatic heterocycles. The Kier molecular flexibility index (Phi) is 4.96. The van der Waals surface area contributed by atoms with Gasteiger partial charge in [-0.05, 0) is 38.8 Å². The summed E-state index contributed by atoms with van der Waals surface area (Å²) in [6.45, 7) is 5.65. The summed E-state index contributed by atoms with van der Waals surface area (Å²) in [6.07, 6.45) is 0.583. The lowest BCUT2D eigenvalue weighted by atomic mass is 10.2. The Labute approximate surface area is 135 Å². The summed E-state index contributed by atoms with van der Waals surface area (Å²) in [7, 11) is 1.52. The van der Waals surface area contributed by atoms with Gasteiger partial charge in [-0.15, -0.1) is 0 Å². The maximum absolute atomic E-state index is 12.3. The summed E-state index contributed by atoms with van der Waals surface area (Å²) in [4.78, 5) is 24.1. The van der Waals surface area contributed by atoms with Crippen LogP contribution in [0.5, 0.6) is 5.75 Å². The predicted molar refractivity (Wildman–Crippen MR) is 86.2 cm³/mol. The van der Waals surface area contributed by atoms with Crippen LogP contribution in [0.15, 0.2) is 12.1 Å². The minimum atomic E-state index is -0.278. The first-order chi connectivity index (χ1) is 10.3. The molecule has 1 fully saturated rings. The van der Waals surface area contributed by atoms with Crippen molar-refractivity contribution in [1.29, 1.82) is 0 Å². The molecule has 0 bridgehead atoms. The van der Waals surface area contributed by atoms with Gasteiger partial charge in [0.2, 0.25) is 11.8 Å². The van der Waals surface area contributed by atoms with E-state index in [4.69, 9.17) is 16.3 Å². The molecule has 1 aliphatic rings. The number of ether oxygens (including phenoxy) is 1. The molecule has 2 unspecified atom stereocenters.